The van der Waals surface area contributed by atoms with Gasteiger partial charge >= 0.3 is 0 Å². The molecular weight excluding hydrogens is 400 g/mol. The Morgan fingerprint density at radius 3 is 2.81 bits per heavy atom. The van der Waals surface area contributed by atoms with E-state index in [9.17, 15) is 0 Å². The van der Waals surface area contributed by atoms with Crippen molar-refractivity contribution in [2.24, 2.45) is 0 Å². The Labute approximate surface area is 168 Å². The van der Waals surface area contributed by atoms with Gasteiger partial charge in [-0.25, -0.2) is 4.68 Å². The largest absolute Gasteiger partial charge is 0.277 e. The summed E-state index contributed by atoms with van der Waals surface area (Å²) in [6, 6.07) is 11.0. The van der Waals surface area contributed by atoms with E-state index in [4.69, 9.17) is 12.2 Å². The predicted molar refractivity (Wildman–Crippen MR) is 112 cm³/mol. The topological polar surface area (TPSA) is 36.9 Å². The summed E-state index contributed by atoms with van der Waals surface area (Å²) in [4.78, 5) is 11.0. The second kappa shape index (κ2) is 6.86. The average molecular weight is 417 g/mol. The van der Waals surface area contributed by atoms with Gasteiger partial charge in [-0.3, -0.25) is 10.00 Å². The number of hydrogen-bond acceptors (Lipinski definition) is 6. The van der Waals surface area contributed by atoms with Gasteiger partial charge < -0.3 is 0 Å². The molecule has 26 heavy (non-hydrogen) atoms. The Morgan fingerprint density at radius 1 is 1.12 bits per heavy atom. The molecule has 0 spiro atoms. The Morgan fingerprint density at radius 2 is 2.00 bits per heavy atom. The summed E-state index contributed by atoms with van der Waals surface area (Å²) in [6.07, 6.45) is 1.09. The first kappa shape index (κ1) is 16.6. The lowest BCUT2D eigenvalue weighted by Gasteiger charge is -2.35. The van der Waals surface area contributed by atoms with Crippen LogP contribution >= 0.6 is 46.2 Å². The lowest BCUT2D eigenvalue weighted by atomic mass is 9.99. The summed E-state index contributed by atoms with van der Waals surface area (Å²) in [7, 11) is 0. The van der Waals surface area contributed by atoms with Gasteiger partial charge in [0.1, 0.15) is 0 Å². The quantitative estimate of drug-likeness (QED) is 0.453. The van der Waals surface area contributed by atoms with E-state index in [0.29, 0.717) is 10.8 Å². The third-order valence-corrected chi connectivity index (χ3v) is 7.74. The van der Waals surface area contributed by atoms with Crippen LogP contribution < -0.4 is 0 Å². The summed E-state index contributed by atoms with van der Waals surface area (Å²) in [5, 5.41) is 9.82. The van der Waals surface area contributed by atoms with Crippen LogP contribution in [0.25, 0.3) is 10.7 Å². The van der Waals surface area contributed by atoms with Crippen molar-refractivity contribution >= 4 is 46.2 Å². The molecule has 8 heteroatoms. The predicted octanol–water partition coefficient (Wildman–Crippen LogP) is 5.40. The minimum Gasteiger partial charge on any atom is -0.277 e. The normalized spacial score (nSPS) is 17.5. The van der Waals surface area contributed by atoms with Crippen LogP contribution in [0.1, 0.15) is 21.4 Å². The summed E-state index contributed by atoms with van der Waals surface area (Å²) < 4.78 is 2.59. The van der Waals surface area contributed by atoms with E-state index in [2.05, 4.69) is 55.4 Å². The molecule has 5 heterocycles. The van der Waals surface area contributed by atoms with Gasteiger partial charge in [-0.05, 0) is 58.5 Å². The van der Waals surface area contributed by atoms with Crippen molar-refractivity contribution < 1.29 is 0 Å². The Kier molecular flexibility index (Phi) is 4.38. The summed E-state index contributed by atoms with van der Waals surface area (Å²) in [5.74, 6) is 0.853. The fraction of sp³-hybridized carbons (Fsp3) is 0.222. The molecule has 0 amide bonds. The molecule has 4 aromatic heterocycles. The first-order chi connectivity index (χ1) is 12.8. The number of hydrogen-bond donors (Lipinski definition) is 1. The van der Waals surface area contributed by atoms with Gasteiger partial charge in [0.05, 0.1) is 17.6 Å². The number of aromatic amines is 1. The highest BCUT2D eigenvalue weighted by Gasteiger charge is 2.30. The molecule has 0 fully saturated rings. The van der Waals surface area contributed by atoms with Crippen molar-refractivity contribution in [3.63, 3.8) is 0 Å². The maximum atomic E-state index is 5.52. The minimum atomic E-state index is 0.292. The Bertz CT molecular complexity index is 1060. The van der Waals surface area contributed by atoms with E-state index in [-0.39, 0.29) is 0 Å². The SMILES string of the molecule is S=c1nc(-c2cccs2)[nH]n1CN1CCc2sccc2[C@H]1c1cccs1. The molecule has 1 atom stereocenters. The molecule has 0 aromatic carbocycles. The van der Waals surface area contributed by atoms with Crippen LogP contribution in [0.15, 0.2) is 46.5 Å². The molecule has 0 saturated heterocycles. The summed E-state index contributed by atoms with van der Waals surface area (Å²) in [6.45, 7) is 1.74. The third kappa shape index (κ3) is 2.91. The van der Waals surface area contributed by atoms with E-state index in [1.54, 1.807) is 11.3 Å². The number of aromatic nitrogens is 3. The van der Waals surface area contributed by atoms with E-state index in [0.717, 1.165) is 30.3 Å². The highest BCUT2D eigenvalue weighted by Crippen LogP contribution is 2.39. The number of nitrogens with zero attached hydrogens (tertiary/aromatic N) is 3. The molecule has 4 nitrogen and oxygen atoms in total. The Balaban J connectivity index is 1.49. The smallest absolute Gasteiger partial charge is 0.217 e. The van der Waals surface area contributed by atoms with E-state index >= 15 is 0 Å². The number of thiophene rings is 3. The zero-order valence-corrected chi connectivity index (χ0v) is 17.1. The fourth-order valence-corrected chi connectivity index (χ4v) is 6.10. The van der Waals surface area contributed by atoms with Crippen LogP contribution in [0, 0.1) is 4.77 Å². The molecule has 132 valence electrons. The lowest BCUT2D eigenvalue weighted by Crippen LogP contribution is -2.36. The van der Waals surface area contributed by atoms with Gasteiger partial charge in [-0.1, -0.05) is 12.1 Å². The number of nitrogens with one attached hydrogen (secondary N) is 1. The molecule has 4 aromatic rings. The van der Waals surface area contributed by atoms with Crippen molar-refractivity contribution in [3.8, 4) is 10.7 Å². The highest BCUT2D eigenvalue weighted by molar-refractivity contribution is 7.71. The van der Waals surface area contributed by atoms with Gasteiger partial charge in [-0.2, -0.15) is 4.98 Å². The van der Waals surface area contributed by atoms with Crippen LogP contribution in [0.5, 0.6) is 0 Å². The van der Waals surface area contributed by atoms with Gasteiger partial charge in [0, 0.05) is 16.3 Å². The molecule has 0 aliphatic carbocycles. The van der Waals surface area contributed by atoms with Crippen LogP contribution in [-0.4, -0.2) is 26.2 Å². The Hall–Kier alpha value is -1.58. The highest BCUT2D eigenvalue weighted by atomic mass is 32.1. The first-order valence-corrected chi connectivity index (χ1v) is 11.4. The standard InChI is InChI=1S/C18H16N4S4/c23-18-19-17(15-4-2-9-25-15)20-22(18)11-21-7-5-13-12(6-10-26-13)16(21)14-3-1-8-24-14/h1-4,6,8-10,16H,5,7,11H2,(H,19,20,23)/t16-/m0/s1. The molecule has 1 N–H and O–H groups in total. The maximum Gasteiger partial charge on any atom is 0.217 e. The van der Waals surface area contributed by atoms with Crippen molar-refractivity contribution in [1.29, 1.82) is 0 Å². The van der Waals surface area contributed by atoms with Crippen LogP contribution in [-0.2, 0) is 13.1 Å². The molecular formula is C18H16N4S4. The molecule has 0 saturated carbocycles. The van der Waals surface area contributed by atoms with E-state index < -0.39 is 0 Å². The summed E-state index contributed by atoms with van der Waals surface area (Å²) >= 11 is 10.9. The molecule has 1 aliphatic heterocycles. The van der Waals surface area contributed by atoms with Gasteiger partial charge in [0.25, 0.3) is 0 Å². The third-order valence-electron chi connectivity index (χ3n) is 4.64. The monoisotopic (exact) mass is 416 g/mol. The zero-order chi connectivity index (χ0) is 17.5. The fourth-order valence-electron chi connectivity index (χ4n) is 3.46. The molecule has 0 radical (unpaired) electrons. The van der Waals surface area contributed by atoms with Gasteiger partial charge in [0.2, 0.25) is 4.77 Å². The van der Waals surface area contributed by atoms with Gasteiger partial charge in [0.15, 0.2) is 5.82 Å². The molecule has 0 unspecified atom stereocenters. The molecule has 5 rings (SSSR count). The second-order valence-corrected chi connectivity index (χ2v) is 9.47. The maximum absolute atomic E-state index is 5.52. The lowest BCUT2D eigenvalue weighted by molar-refractivity contribution is 0.158. The van der Waals surface area contributed by atoms with E-state index in [1.807, 2.05) is 33.4 Å². The van der Waals surface area contributed by atoms with Crippen molar-refractivity contribution in [2.75, 3.05) is 6.54 Å². The molecule has 0 bridgehead atoms. The average Bonchev–Trinajstić information content (AvgIpc) is 3.43. The van der Waals surface area contributed by atoms with Crippen LogP contribution in [0.2, 0.25) is 0 Å². The zero-order valence-electron chi connectivity index (χ0n) is 13.8. The molecule has 1 aliphatic rings. The van der Waals surface area contributed by atoms with E-state index in [1.165, 1.54) is 15.3 Å². The van der Waals surface area contributed by atoms with Crippen LogP contribution in [0.3, 0.4) is 0 Å². The van der Waals surface area contributed by atoms with Crippen molar-refractivity contribution in [2.45, 2.75) is 19.1 Å². The summed E-state index contributed by atoms with van der Waals surface area (Å²) in [5.41, 5.74) is 1.44. The first-order valence-electron chi connectivity index (χ1n) is 8.34. The number of rotatable bonds is 4. The van der Waals surface area contributed by atoms with Gasteiger partial charge in [-0.15, -0.1) is 34.0 Å². The number of fused-ring (bicyclic) bond motifs is 1. The van der Waals surface area contributed by atoms with Crippen molar-refractivity contribution in [1.82, 2.24) is 19.7 Å². The number of H-pyrrole nitrogens is 1. The van der Waals surface area contributed by atoms with Crippen LogP contribution in [0.4, 0.5) is 0 Å². The van der Waals surface area contributed by atoms with Crippen molar-refractivity contribution in [3.05, 3.63) is 66.6 Å². The second-order valence-electron chi connectivity index (χ2n) is 6.18. The minimum absolute atomic E-state index is 0.292.